The zero-order valence-corrected chi connectivity index (χ0v) is 15.0. The Labute approximate surface area is 149 Å². The maximum Gasteiger partial charge on any atom is 0.268 e. The highest BCUT2D eigenvalue weighted by atomic mass is 32.2. The molecule has 0 saturated heterocycles. The van der Waals surface area contributed by atoms with Crippen LogP contribution >= 0.6 is 23.5 Å². The number of aryl methyl sites for hydroxylation is 1. The van der Waals surface area contributed by atoms with E-state index in [1.54, 1.807) is 16.3 Å². The van der Waals surface area contributed by atoms with Crippen molar-refractivity contribution in [2.24, 2.45) is 5.73 Å². The average Bonchev–Trinajstić information content (AvgIpc) is 2.94. The zero-order valence-electron chi connectivity index (χ0n) is 13.4. The van der Waals surface area contributed by atoms with Gasteiger partial charge >= 0.3 is 0 Å². The van der Waals surface area contributed by atoms with Gasteiger partial charge in [0, 0.05) is 18.2 Å². The largest absolute Gasteiger partial charge is 0.369 e. The molecule has 2 N–H and O–H groups in total. The van der Waals surface area contributed by atoms with Crippen LogP contribution in [-0.4, -0.2) is 26.5 Å². The van der Waals surface area contributed by atoms with Gasteiger partial charge in [-0.2, -0.15) is 0 Å². The highest BCUT2D eigenvalue weighted by molar-refractivity contribution is 8.00. The number of thioether (sulfide) groups is 2. The van der Waals surface area contributed by atoms with Crippen molar-refractivity contribution in [1.29, 1.82) is 0 Å². The van der Waals surface area contributed by atoms with E-state index in [1.807, 2.05) is 30.3 Å². The molecule has 1 aliphatic heterocycles. The number of hydrogen-bond acceptors (Lipinski definition) is 5. The molecule has 0 bridgehead atoms. The van der Waals surface area contributed by atoms with Crippen LogP contribution in [0.5, 0.6) is 0 Å². The monoisotopic (exact) mass is 361 g/mol. The lowest BCUT2D eigenvalue weighted by atomic mass is 10.1. The van der Waals surface area contributed by atoms with Crippen LogP contribution < -0.4 is 11.3 Å². The summed E-state index contributed by atoms with van der Waals surface area (Å²) < 4.78 is 1.68. The van der Waals surface area contributed by atoms with Crippen molar-refractivity contribution in [2.45, 2.75) is 41.6 Å². The molecule has 1 aliphatic rings. The fourth-order valence-electron chi connectivity index (χ4n) is 2.66. The van der Waals surface area contributed by atoms with Gasteiger partial charge in [0.2, 0.25) is 5.91 Å². The van der Waals surface area contributed by atoms with Gasteiger partial charge in [0.25, 0.3) is 5.56 Å². The molecule has 7 heteroatoms. The van der Waals surface area contributed by atoms with Crippen LogP contribution in [0, 0.1) is 0 Å². The van der Waals surface area contributed by atoms with Crippen LogP contribution in [0.25, 0.3) is 0 Å². The molecule has 0 aliphatic carbocycles. The number of benzene rings is 1. The van der Waals surface area contributed by atoms with E-state index in [0.717, 1.165) is 29.0 Å². The number of primary amides is 1. The third-order valence-electron chi connectivity index (χ3n) is 3.77. The van der Waals surface area contributed by atoms with E-state index < -0.39 is 5.91 Å². The maximum atomic E-state index is 12.9. The third kappa shape index (κ3) is 3.84. The summed E-state index contributed by atoms with van der Waals surface area (Å²) in [6.45, 7) is 2.63. The van der Waals surface area contributed by atoms with E-state index in [9.17, 15) is 9.59 Å². The highest BCUT2D eigenvalue weighted by Crippen LogP contribution is 2.34. The normalized spacial score (nSPS) is 16.1. The summed E-state index contributed by atoms with van der Waals surface area (Å²) in [6.07, 6.45) is 1.53. The van der Waals surface area contributed by atoms with Crippen molar-refractivity contribution < 1.29 is 4.79 Å². The third-order valence-corrected chi connectivity index (χ3v) is 5.99. The molecule has 5 nitrogen and oxygen atoms in total. The standard InChI is InChI=1S/C17H19N3O2S2/c1-11-9-13-15(24-11)16(22)20(17(19-13)23-10-14(18)21)8-7-12-5-3-2-4-6-12/h2-6,11H,7-10H2,1H3,(H2,18,21)/t11-/m1/s1. The smallest absolute Gasteiger partial charge is 0.268 e. The summed E-state index contributed by atoms with van der Waals surface area (Å²) in [5.74, 6) is -0.286. The number of amides is 1. The van der Waals surface area contributed by atoms with E-state index >= 15 is 0 Å². The minimum absolute atomic E-state index is 0.00254. The SMILES string of the molecule is C[C@@H]1Cc2nc(SCC(N)=O)n(CCc3ccccc3)c(=O)c2S1. The van der Waals surface area contributed by atoms with Gasteiger partial charge in [-0.1, -0.05) is 49.0 Å². The lowest BCUT2D eigenvalue weighted by molar-refractivity contribution is -0.115. The first-order valence-electron chi connectivity index (χ1n) is 7.80. The number of aromatic nitrogens is 2. The second-order valence-electron chi connectivity index (χ2n) is 5.75. The van der Waals surface area contributed by atoms with E-state index in [2.05, 4.69) is 11.9 Å². The Morgan fingerprint density at radius 1 is 1.42 bits per heavy atom. The van der Waals surface area contributed by atoms with Gasteiger partial charge in [0.1, 0.15) is 0 Å². The number of carbonyl (C=O) groups excluding carboxylic acids is 1. The zero-order chi connectivity index (χ0) is 17.1. The van der Waals surface area contributed by atoms with E-state index in [0.29, 0.717) is 17.0 Å². The number of nitrogens with two attached hydrogens (primary N) is 1. The predicted molar refractivity (Wildman–Crippen MR) is 97.6 cm³/mol. The molecule has 2 aromatic rings. The van der Waals surface area contributed by atoms with E-state index in [1.165, 1.54) is 11.8 Å². The highest BCUT2D eigenvalue weighted by Gasteiger charge is 2.26. The van der Waals surface area contributed by atoms with Crippen molar-refractivity contribution >= 4 is 29.4 Å². The molecule has 3 rings (SSSR count). The Morgan fingerprint density at radius 3 is 2.88 bits per heavy atom. The molecule has 0 unspecified atom stereocenters. The quantitative estimate of drug-likeness (QED) is 0.630. The Hall–Kier alpha value is -1.73. The molecule has 0 spiro atoms. The number of rotatable bonds is 6. The fourth-order valence-corrected chi connectivity index (χ4v) is 4.56. The summed E-state index contributed by atoms with van der Waals surface area (Å²) in [4.78, 5) is 29.4. The summed E-state index contributed by atoms with van der Waals surface area (Å²) in [6, 6.07) is 10.0. The Balaban J connectivity index is 1.91. The lowest BCUT2D eigenvalue weighted by Gasteiger charge is -2.13. The molecule has 24 heavy (non-hydrogen) atoms. The number of carbonyl (C=O) groups is 1. The van der Waals surface area contributed by atoms with Crippen LogP contribution in [-0.2, 0) is 24.2 Å². The van der Waals surface area contributed by atoms with Crippen LogP contribution in [0.3, 0.4) is 0 Å². The van der Waals surface area contributed by atoms with Crippen LogP contribution in [0.15, 0.2) is 45.2 Å². The first-order valence-corrected chi connectivity index (χ1v) is 9.66. The Kier molecular flexibility index (Phi) is 5.30. The molecule has 126 valence electrons. The van der Waals surface area contributed by atoms with Gasteiger partial charge in [-0.15, -0.1) is 11.8 Å². The van der Waals surface area contributed by atoms with Crippen LogP contribution in [0.1, 0.15) is 18.2 Å². The molecule has 2 heterocycles. The second kappa shape index (κ2) is 7.44. The van der Waals surface area contributed by atoms with Crippen molar-refractivity contribution in [3.8, 4) is 0 Å². The Bertz CT molecular complexity index is 805. The van der Waals surface area contributed by atoms with Gasteiger partial charge < -0.3 is 5.73 Å². The summed E-state index contributed by atoms with van der Waals surface area (Å²) in [5, 5.41) is 0.947. The second-order valence-corrected chi connectivity index (χ2v) is 8.14. The maximum absolute atomic E-state index is 12.9. The number of fused-ring (bicyclic) bond motifs is 1. The average molecular weight is 361 g/mol. The van der Waals surface area contributed by atoms with Crippen molar-refractivity contribution in [2.75, 3.05) is 5.75 Å². The molecule has 0 saturated carbocycles. The molecular formula is C17H19N3O2S2. The molecule has 1 atom stereocenters. The summed E-state index contributed by atoms with van der Waals surface area (Å²) in [7, 11) is 0. The van der Waals surface area contributed by atoms with Gasteiger partial charge in [-0.25, -0.2) is 4.98 Å². The Morgan fingerprint density at radius 2 is 2.17 bits per heavy atom. The lowest BCUT2D eigenvalue weighted by Crippen LogP contribution is -2.27. The fraction of sp³-hybridized carbons (Fsp3) is 0.353. The van der Waals surface area contributed by atoms with E-state index in [-0.39, 0.29) is 11.3 Å². The van der Waals surface area contributed by atoms with Crippen molar-refractivity contribution in [3.63, 3.8) is 0 Å². The molecule has 0 fully saturated rings. The van der Waals surface area contributed by atoms with Crippen molar-refractivity contribution in [3.05, 3.63) is 51.9 Å². The first kappa shape index (κ1) is 17.1. The molecular weight excluding hydrogens is 342 g/mol. The predicted octanol–water partition coefficient (Wildman–Crippen LogP) is 2.10. The summed E-state index contributed by atoms with van der Waals surface area (Å²) in [5.41, 5.74) is 7.26. The first-order chi connectivity index (χ1) is 11.5. The number of nitrogens with zero attached hydrogens (tertiary/aromatic N) is 2. The van der Waals surface area contributed by atoms with Gasteiger partial charge in [-0.3, -0.25) is 14.2 Å². The van der Waals surface area contributed by atoms with E-state index in [4.69, 9.17) is 5.73 Å². The minimum atomic E-state index is -0.410. The minimum Gasteiger partial charge on any atom is -0.369 e. The summed E-state index contributed by atoms with van der Waals surface area (Å²) >= 11 is 2.83. The topological polar surface area (TPSA) is 78.0 Å². The van der Waals surface area contributed by atoms with Crippen LogP contribution in [0.4, 0.5) is 0 Å². The van der Waals surface area contributed by atoms with Gasteiger partial charge in [0.05, 0.1) is 16.3 Å². The van der Waals surface area contributed by atoms with Crippen LogP contribution in [0.2, 0.25) is 0 Å². The molecule has 1 aromatic heterocycles. The molecule has 1 aromatic carbocycles. The molecule has 0 radical (unpaired) electrons. The van der Waals surface area contributed by atoms with Gasteiger partial charge in [-0.05, 0) is 12.0 Å². The van der Waals surface area contributed by atoms with Gasteiger partial charge in [0.15, 0.2) is 5.16 Å². The van der Waals surface area contributed by atoms with Crippen molar-refractivity contribution in [1.82, 2.24) is 9.55 Å². The number of hydrogen-bond donors (Lipinski definition) is 1. The molecule has 1 amide bonds.